The average Bonchev–Trinajstić information content (AvgIpc) is 2.65. The predicted molar refractivity (Wildman–Crippen MR) is 298 cm³/mol. The van der Waals surface area contributed by atoms with Gasteiger partial charge in [0.05, 0.1) is 34.5 Å². The Morgan fingerprint density at radius 1 is 0.378 bits per heavy atom. The Bertz CT molecular complexity index is 3290. The number of aryl methyl sites for hydroxylation is 3. The molecule has 434 valence electrons. The number of amides is 6. The van der Waals surface area contributed by atoms with Gasteiger partial charge in [-0.25, -0.2) is 68.2 Å². The van der Waals surface area contributed by atoms with Crippen molar-refractivity contribution in [3.05, 3.63) is 161 Å². The molecule has 6 amide bonds. The number of carbonyl (C=O) groups is 6. The number of anilines is 3. The van der Waals surface area contributed by atoms with E-state index >= 15 is 0 Å². The molecule has 0 spiro atoms. The maximum absolute atomic E-state index is 13.7. The lowest BCUT2D eigenvalue weighted by Gasteiger charge is -2.27. The summed E-state index contributed by atoms with van der Waals surface area (Å²) in [6.45, 7) is 7.47. The normalized spacial score (nSPS) is 11.3. The van der Waals surface area contributed by atoms with Crippen LogP contribution >= 0.6 is 0 Å². The molecule has 0 bridgehead atoms. The molecule has 27 heteroatoms. The van der Waals surface area contributed by atoms with Crippen LogP contribution in [0.1, 0.15) is 60.1 Å². The second-order valence-electron chi connectivity index (χ2n) is 17.6. The first-order chi connectivity index (χ1) is 38.9. The molecule has 82 heavy (non-hydrogen) atoms. The largest absolute Gasteiger partial charge is 0.482 e. The van der Waals surface area contributed by atoms with E-state index in [0.717, 1.165) is 16.7 Å². The molecule has 0 saturated carbocycles. The van der Waals surface area contributed by atoms with Gasteiger partial charge in [-0.2, -0.15) is 0 Å². The molecule has 0 atom stereocenters. The Morgan fingerprint density at radius 3 is 0.854 bits per heavy atom. The van der Waals surface area contributed by atoms with Crippen LogP contribution in [0.25, 0.3) is 0 Å². The third-order valence-electron chi connectivity index (χ3n) is 11.4. The number of hydrogen-bond donors (Lipinski definition) is 6. The first-order valence-corrected chi connectivity index (χ1v) is 29.3. The Kier molecular flexibility index (Phi) is 21.0. The molecule has 0 saturated heterocycles. The van der Waals surface area contributed by atoms with Gasteiger partial charge >= 0.3 is 36.0 Å². The fraction of sp³-hybridized carbons (Fsp3) is 0.236. The molecule has 6 aromatic rings. The van der Waals surface area contributed by atoms with Gasteiger partial charge in [0.25, 0.3) is 30.1 Å². The Hall–Kier alpha value is -9.21. The Labute approximate surface area is 473 Å². The highest BCUT2D eigenvalue weighted by molar-refractivity contribution is 7.90. The monoisotopic (exact) mass is 1190 g/mol. The van der Waals surface area contributed by atoms with E-state index in [1.807, 2.05) is 14.2 Å². The van der Waals surface area contributed by atoms with Gasteiger partial charge in [0.1, 0.15) is 17.2 Å². The van der Waals surface area contributed by atoms with Crippen molar-refractivity contribution >= 4 is 83.1 Å². The second-order valence-corrected chi connectivity index (χ2v) is 22.6. The highest BCUT2D eigenvalue weighted by Crippen LogP contribution is 2.47. The van der Waals surface area contributed by atoms with Crippen LogP contribution in [0.3, 0.4) is 0 Å². The van der Waals surface area contributed by atoms with E-state index in [2.05, 4.69) is 16.0 Å². The number of benzene rings is 6. The van der Waals surface area contributed by atoms with Crippen molar-refractivity contribution in [1.82, 2.24) is 14.2 Å². The standard InChI is InChI=1S/C55H58N6O18S3/c1-7-74-49(62)31-77-46-25-16-37(56-53(65)59-80(68,69)40-19-10-34(4)11-20-40)28-43(46)52(44-29-38(17-26-47(44)78-32-50(63)75-8-2)57-54(66)60-81(70,71)41-21-12-35(5)13-22-41)45-30-39(18-27-48(45)79-33-51(64)76-9-3)58-55(67)61-82(72,73)42-23-14-36(6)15-24-42/h10-30,52H,7-9,31-33H2,1-6H3,(H2,56,59,65)(H2,57,60,66)(H2,58,61,67). The van der Waals surface area contributed by atoms with Crippen LogP contribution in [-0.4, -0.2) is 101 Å². The lowest BCUT2D eigenvalue weighted by molar-refractivity contribution is -0.146. The number of esters is 3. The molecule has 6 rings (SSSR count). The van der Waals surface area contributed by atoms with Crippen molar-refractivity contribution in [2.75, 3.05) is 55.6 Å². The van der Waals surface area contributed by atoms with E-state index in [4.69, 9.17) is 28.4 Å². The molecule has 0 fully saturated rings. The number of nitrogens with one attached hydrogen (secondary N) is 6. The molecular formula is C55H58N6O18S3. The fourth-order valence-electron chi connectivity index (χ4n) is 7.64. The lowest BCUT2D eigenvalue weighted by Crippen LogP contribution is -2.34. The summed E-state index contributed by atoms with van der Waals surface area (Å²) >= 11 is 0. The quantitative estimate of drug-likeness (QED) is 0.0199. The molecule has 6 N–H and O–H groups in total. The minimum Gasteiger partial charge on any atom is -0.482 e. The van der Waals surface area contributed by atoms with Gasteiger partial charge in [-0.15, -0.1) is 0 Å². The minimum absolute atomic E-state index is 0.0527. The maximum atomic E-state index is 13.7. The predicted octanol–water partition coefficient (Wildman–Crippen LogP) is 7.15. The van der Waals surface area contributed by atoms with Crippen molar-refractivity contribution in [3.63, 3.8) is 0 Å². The molecule has 0 aromatic heterocycles. The van der Waals surface area contributed by atoms with Crippen LogP contribution in [0.4, 0.5) is 31.4 Å². The zero-order chi connectivity index (χ0) is 59.8. The first-order valence-electron chi connectivity index (χ1n) is 24.9. The van der Waals surface area contributed by atoms with Crippen molar-refractivity contribution in [2.45, 2.75) is 62.1 Å². The van der Waals surface area contributed by atoms with Crippen LogP contribution in [0, 0.1) is 20.8 Å². The maximum Gasteiger partial charge on any atom is 0.344 e. The summed E-state index contributed by atoms with van der Waals surface area (Å²) in [6.07, 6.45) is 0. The number of carbonyl (C=O) groups excluding carboxylic acids is 6. The number of rotatable bonds is 24. The van der Waals surface area contributed by atoms with E-state index in [-0.39, 0.29) is 85.5 Å². The van der Waals surface area contributed by atoms with Crippen molar-refractivity contribution in [2.24, 2.45) is 0 Å². The molecule has 0 aliphatic carbocycles. The van der Waals surface area contributed by atoms with E-state index < -0.39 is 91.8 Å². The Balaban J connectivity index is 1.60. The summed E-state index contributed by atoms with van der Waals surface area (Å²) in [4.78, 5) is 79.2. The average molecular weight is 1190 g/mol. The summed E-state index contributed by atoms with van der Waals surface area (Å²) in [6, 6.07) is 24.6. The van der Waals surface area contributed by atoms with E-state index in [9.17, 15) is 54.0 Å². The third-order valence-corrected chi connectivity index (χ3v) is 15.4. The molecule has 0 aliphatic heterocycles. The fourth-order valence-corrected chi connectivity index (χ4v) is 10.4. The van der Waals surface area contributed by atoms with Crippen LogP contribution in [0.2, 0.25) is 0 Å². The minimum atomic E-state index is -4.48. The topological polar surface area (TPSA) is 332 Å². The van der Waals surface area contributed by atoms with Crippen LogP contribution in [0.5, 0.6) is 17.2 Å². The van der Waals surface area contributed by atoms with Crippen LogP contribution < -0.4 is 44.3 Å². The molecule has 0 heterocycles. The zero-order valence-electron chi connectivity index (χ0n) is 45.0. The third kappa shape index (κ3) is 17.4. The number of ether oxygens (including phenoxy) is 6. The van der Waals surface area contributed by atoms with Crippen molar-refractivity contribution in [3.8, 4) is 17.2 Å². The molecule has 0 radical (unpaired) electrons. The second kappa shape index (κ2) is 27.8. The number of hydrogen-bond acceptors (Lipinski definition) is 18. The summed E-state index contributed by atoms with van der Waals surface area (Å²) in [5, 5.41) is 7.42. The summed E-state index contributed by atoms with van der Waals surface area (Å²) in [5.74, 6) is -4.64. The smallest absolute Gasteiger partial charge is 0.344 e. The molecule has 0 aliphatic rings. The summed E-state index contributed by atoms with van der Waals surface area (Å²) in [7, 11) is -13.4. The highest BCUT2D eigenvalue weighted by Gasteiger charge is 2.31. The lowest BCUT2D eigenvalue weighted by atomic mass is 9.82. The van der Waals surface area contributed by atoms with Gasteiger partial charge in [0.2, 0.25) is 0 Å². The first kappa shape index (κ1) is 62.0. The SMILES string of the molecule is CCOC(=O)COc1ccc(NC(=O)NS(=O)(=O)c2ccc(C)cc2)cc1C(c1cc(NC(=O)NS(=O)(=O)c2ccc(C)cc2)ccc1OCC(=O)OCC)c1cc(NC(=O)NS(=O)(=O)c2ccc(C)cc2)ccc1OCC(=O)OCC. The van der Waals surface area contributed by atoms with Crippen molar-refractivity contribution < 1.29 is 82.4 Å². The van der Waals surface area contributed by atoms with E-state index in [0.29, 0.717) is 0 Å². The van der Waals surface area contributed by atoms with Gasteiger partial charge < -0.3 is 44.4 Å². The van der Waals surface area contributed by atoms with Crippen LogP contribution in [0.15, 0.2) is 142 Å². The molecule has 6 aromatic carbocycles. The molecule has 24 nitrogen and oxygen atoms in total. The van der Waals surface area contributed by atoms with Gasteiger partial charge in [0, 0.05) is 39.7 Å². The van der Waals surface area contributed by atoms with Gasteiger partial charge in [-0.05, 0) is 133 Å². The molecular weight excluding hydrogens is 1130 g/mol. The highest BCUT2D eigenvalue weighted by atomic mass is 32.2. The summed E-state index contributed by atoms with van der Waals surface area (Å²) < 4.78 is 120. The van der Waals surface area contributed by atoms with Crippen LogP contribution in [-0.2, 0) is 58.7 Å². The summed E-state index contributed by atoms with van der Waals surface area (Å²) in [5.41, 5.74) is 1.53. The number of sulfonamides is 3. The molecule has 0 unspecified atom stereocenters. The number of urea groups is 3. The Morgan fingerprint density at radius 2 is 0.622 bits per heavy atom. The van der Waals surface area contributed by atoms with E-state index in [1.165, 1.54) is 127 Å². The van der Waals surface area contributed by atoms with Gasteiger partial charge in [0.15, 0.2) is 19.8 Å². The van der Waals surface area contributed by atoms with Gasteiger partial charge in [-0.1, -0.05) is 53.1 Å². The van der Waals surface area contributed by atoms with E-state index in [1.54, 1.807) is 41.5 Å². The van der Waals surface area contributed by atoms with Gasteiger partial charge in [-0.3, -0.25) is 0 Å². The van der Waals surface area contributed by atoms with Crippen molar-refractivity contribution in [1.29, 1.82) is 0 Å². The zero-order valence-corrected chi connectivity index (χ0v) is 47.5.